The zero-order chi connectivity index (χ0) is 20.6. The van der Waals surface area contributed by atoms with Crippen molar-refractivity contribution >= 4 is 17.6 Å². The fourth-order valence-corrected chi connectivity index (χ4v) is 4.68. The summed E-state index contributed by atoms with van der Waals surface area (Å²) < 4.78 is 44.2. The summed E-state index contributed by atoms with van der Waals surface area (Å²) in [6.45, 7) is 4.37. The Kier molecular flexibility index (Phi) is 5.43. The van der Waals surface area contributed by atoms with Crippen LogP contribution in [0.1, 0.15) is 25.5 Å². The number of nitrogens with two attached hydrogens (primary N) is 1. The smallest absolute Gasteiger partial charge is 0.376 e. The maximum absolute atomic E-state index is 12.8. The van der Waals surface area contributed by atoms with E-state index in [1.165, 1.54) is 6.07 Å². The van der Waals surface area contributed by atoms with Gasteiger partial charge in [0.1, 0.15) is 16.5 Å². The van der Waals surface area contributed by atoms with Crippen molar-refractivity contribution in [2.75, 3.05) is 24.6 Å². The minimum absolute atomic E-state index is 0.0384. The molecular weight excluding hydrogens is 403 g/mol. The summed E-state index contributed by atoms with van der Waals surface area (Å²) in [4.78, 5) is 14.8. The molecule has 0 unspecified atom stereocenters. The highest BCUT2D eigenvalue weighted by Crippen LogP contribution is 2.41. The van der Waals surface area contributed by atoms with Crippen molar-refractivity contribution in [2.45, 2.75) is 48.0 Å². The van der Waals surface area contributed by atoms with Gasteiger partial charge in [0.15, 0.2) is 0 Å². The van der Waals surface area contributed by atoms with Crippen LogP contribution >= 0.6 is 11.8 Å². The minimum Gasteiger partial charge on any atom is -0.376 e. The Labute approximate surface area is 171 Å². The predicted octanol–water partition coefficient (Wildman–Crippen LogP) is 3.37. The number of nitrogens with zero attached hydrogens (tertiary/aromatic N) is 4. The fourth-order valence-electron chi connectivity index (χ4n) is 3.93. The number of hydrogen-bond donors (Lipinski definition) is 1. The molecule has 10 heteroatoms. The Bertz CT molecular complexity index is 856. The van der Waals surface area contributed by atoms with Crippen LogP contribution in [0.4, 0.5) is 19.0 Å². The highest BCUT2D eigenvalue weighted by molar-refractivity contribution is 7.99. The van der Waals surface area contributed by atoms with Crippen molar-refractivity contribution in [3.8, 4) is 0 Å². The first kappa shape index (κ1) is 20.4. The van der Waals surface area contributed by atoms with Crippen molar-refractivity contribution in [2.24, 2.45) is 11.1 Å². The third-order valence-electron chi connectivity index (χ3n) is 5.79. The molecule has 0 bridgehead atoms. The molecule has 6 nitrogen and oxygen atoms in total. The molecular formula is C19H22F3N5OS. The maximum Gasteiger partial charge on any atom is 0.433 e. The predicted molar refractivity (Wildman–Crippen MR) is 103 cm³/mol. The fraction of sp³-hybridized carbons (Fsp3) is 0.526. The van der Waals surface area contributed by atoms with E-state index >= 15 is 0 Å². The van der Waals surface area contributed by atoms with E-state index in [1.807, 2.05) is 6.92 Å². The maximum atomic E-state index is 12.8. The molecule has 1 spiro atoms. The summed E-state index contributed by atoms with van der Waals surface area (Å²) in [5, 5.41) is 0.529. The SMILES string of the molecule is C[C@@H]1OCC2(CCN(c3cnc(Sc4ccnc(C(F)(F)F)c4)cn3)CC2)[C@@H]1N. The van der Waals surface area contributed by atoms with E-state index in [9.17, 15) is 13.2 Å². The molecule has 2 fully saturated rings. The monoisotopic (exact) mass is 425 g/mol. The molecule has 2 aliphatic rings. The molecule has 156 valence electrons. The van der Waals surface area contributed by atoms with Crippen molar-refractivity contribution in [3.63, 3.8) is 0 Å². The minimum atomic E-state index is -4.47. The second kappa shape index (κ2) is 7.73. The lowest BCUT2D eigenvalue weighted by atomic mass is 9.73. The zero-order valence-corrected chi connectivity index (χ0v) is 16.7. The quantitative estimate of drug-likeness (QED) is 0.808. The Hall–Kier alpha value is -1.91. The van der Waals surface area contributed by atoms with Gasteiger partial charge in [0, 0.05) is 35.6 Å². The van der Waals surface area contributed by atoms with Gasteiger partial charge in [-0.15, -0.1) is 0 Å². The van der Waals surface area contributed by atoms with E-state index in [0.29, 0.717) is 16.5 Å². The highest BCUT2D eigenvalue weighted by atomic mass is 32.2. The molecule has 2 atom stereocenters. The summed E-state index contributed by atoms with van der Waals surface area (Å²) in [7, 11) is 0. The second-order valence-corrected chi connectivity index (χ2v) is 8.67. The van der Waals surface area contributed by atoms with Crippen LogP contribution in [-0.4, -0.2) is 46.8 Å². The van der Waals surface area contributed by atoms with Gasteiger partial charge in [-0.2, -0.15) is 13.2 Å². The normalized spacial score (nSPS) is 24.2. The molecule has 4 rings (SSSR count). The van der Waals surface area contributed by atoms with Gasteiger partial charge < -0.3 is 15.4 Å². The molecule has 2 N–H and O–H groups in total. The first-order chi connectivity index (χ1) is 13.8. The molecule has 0 aromatic carbocycles. The topological polar surface area (TPSA) is 77.2 Å². The van der Waals surface area contributed by atoms with Crippen LogP contribution in [0, 0.1) is 5.41 Å². The summed E-state index contributed by atoms with van der Waals surface area (Å²) >= 11 is 1.12. The molecule has 2 aromatic rings. The lowest BCUT2D eigenvalue weighted by Gasteiger charge is -2.41. The van der Waals surface area contributed by atoms with Crippen molar-refractivity contribution < 1.29 is 17.9 Å². The van der Waals surface area contributed by atoms with Crippen LogP contribution in [-0.2, 0) is 10.9 Å². The molecule has 0 amide bonds. The Balaban J connectivity index is 1.39. The highest BCUT2D eigenvalue weighted by Gasteiger charge is 2.47. The number of alkyl halides is 3. The lowest BCUT2D eigenvalue weighted by molar-refractivity contribution is -0.141. The lowest BCUT2D eigenvalue weighted by Crippen LogP contribution is -2.50. The number of anilines is 1. The van der Waals surface area contributed by atoms with Gasteiger partial charge in [0.25, 0.3) is 0 Å². The van der Waals surface area contributed by atoms with Gasteiger partial charge >= 0.3 is 6.18 Å². The Morgan fingerprint density at radius 2 is 1.97 bits per heavy atom. The molecule has 2 aromatic heterocycles. The van der Waals surface area contributed by atoms with Gasteiger partial charge in [0.05, 0.1) is 25.1 Å². The van der Waals surface area contributed by atoms with Crippen LogP contribution in [0.25, 0.3) is 0 Å². The van der Waals surface area contributed by atoms with Gasteiger partial charge in [0.2, 0.25) is 0 Å². The molecule has 29 heavy (non-hydrogen) atoms. The van der Waals surface area contributed by atoms with Gasteiger partial charge in [-0.3, -0.25) is 4.98 Å². The standard InChI is InChI=1S/C19H22F3N5OS/c1-12-17(23)18(11-28-12)3-6-27(7-4-18)15-9-26-16(10-25-15)29-13-2-5-24-14(8-13)19(20,21)22/h2,5,8-10,12,17H,3-4,6-7,11,23H2,1H3/t12-,17+/m0/s1. The van der Waals surface area contributed by atoms with E-state index < -0.39 is 11.9 Å². The van der Waals surface area contributed by atoms with Crippen LogP contribution < -0.4 is 10.6 Å². The summed E-state index contributed by atoms with van der Waals surface area (Å²) in [6.07, 6.45) is 1.90. The van der Waals surface area contributed by atoms with Gasteiger partial charge in [-0.1, -0.05) is 11.8 Å². The summed E-state index contributed by atoms with van der Waals surface area (Å²) in [5.41, 5.74) is 5.47. The number of halogens is 3. The van der Waals surface area contributed by atoms with E-state index in [0.717, 1.165) is 55.8 Å². The van der Waals surface area contributed by atoms with E-state index in [2.05, 4.69) is 19.9 Å². The van der Waals surface area contributed by atoms with Crippen molar-refractivity contribution in [3.05, 3.63) is 36.4 Å². The third kappa shape index (κ3) is 4.19. The average Bonchev–Trinajstić information content (AvgIpc) is 2.98. The second-order valence-electron chi connectivity index (χ2n) is 7.58. The van der Waals surface area contributed by atoms with E-state index in [4.69, 9.17) is 10.5 Å². The zero-order valence-electron chi connectivity index (χ0n) is 15.9. The average molecular weight is 425 g/mol. The molecule has 0 aliphatic carbocycles. The van der Waals surface area contributed by atoms with Crippen LogP contribution in [0.5, 0.6) is 0 Å². The van der Waals surface area contributed by atoms with Crippen LogP contribution in [0.2, 0.25) is 0 Å². The number of pyridine rings is 1. The number of rotatable bonds is 3. The summed E-state index contributed by atoms with van der Waals surface area (Å²) in [6, 6.07) is 2.59. The number of ether oxygens (including phenoxy) is 1. The first-order valence-corrected chi connectivity index (χ1v) is 10.2. The summed E-state index contributed by atoms with van der Waals surface area (Å²) in [5.74, 6) is 0.760. The number of aromatic nitrogens is 3. The molecule has 0 saturated carbocycles. The Morgan fingerprint density at radius 3 is 2.55 bits per heavy atom. The van der Waals surface area contributed by atoms with Crippen LogP contribution in [0.3, 0.4) is 0 Å². The molecule has 2 saturated heterocycles. The number of hydrogen-bond acceptors (Lipinski definition) is 7. The Morgan fingerprint density at radius 1 is 1.21 bits per heavy atom. The van der Waals surface area contributed by atoms with E-state index in [-0.39, 0.29) is 17.6 Å². The van der Waals surface area contributed by atoms with Gasteiger partial charge in [-0.05, 0) is 31.9 Å². The largest absolute Gasteiger partial charge is 0.433 e. The third-order valence-corrected chi connectivity index (χ3v) is 6.70. The van der Waals surface area contributed by atoms with Crippen molar-refractivity contribution in [1.82, 2.24) is 15.0 Å². The van der Waals surface area contributed by atoms with Crippen LogP contribution in [0.15, 0.2) is 40.6 Å². The molecule has 0 radical (unpaired) electrons. The van der Waals surface area contributed by atoms with Gasteiger partial charge in [-0.25, -0.2) is 9.97 Å². The number of piperidine rings is 1. The molecule has 2 aliphatic heterocycles. The molecule has 4 heterocycles. The van der Waals surface area contributed by atoms with E-state index in [1.54, 1.807) is 12.4 Å². The van der Waals surface area contributed by atoms with Crippen molar-refractivity contribution in [1.29, 1.82) is 0 Å². The first-order valence-electron chi connectivity index (χ1n) is 9.42.